The number of rotatable bonds is 7. The number of nitrogens with zero attached hydrogens (tertiary/aromatic N) is 2. The van der Waals surface area contributed by atoms with Crippen molar-refractivity contribution in [2.24, 2.45) is 0 Å². The Kier molecular flexibility index (Phi) is 6.60. The molecule has 6 nitrogen and oxygen atoms in total. The monoisotopic (exact) mass is 343 g/mol. The molecule has 0 fully saturated rings. The van der Waals surface area contributed by atoms with Gasteiger partial charge in [0, 0.05) is 36.2 Å². The Bertz CT molecular complexity index is 490. The van der Waals surface area contributed by atoms with Crippen molar-refractivity contribution in [3.63, 3.8) is 0 Å². The van der Waals surface area contributed by atoms with Crippen molar-refractivity contribution in [1.29, 1.82) is 0 Å². The zero-order valence-corrected chi connectivity index (χ0v) is 13.1. The molecule has 0 saturated heterocycles. The van der Waals surface area contributed by atoms with E-state index in [1.807, 2.05) is 13.8 Å². The van der Waals surface area contributed by atoms with Crippen LogP contribution in [0.4, 0.5) is 5.69 Å². The summed E-state index contributed by atoms with van der Waals surface area (Å²) in [5, 5.41) is 13.7. The molecule has 0 aliphatic carbocycles. The fourth-order valence-corrected chi connectivity index (χ4v) is 2.29. The van der Waals surface area contributed by atoms with Gasteiger partial charge in [-0.05, 0) is 25.5 Å². The van der Waals surface area contributed by atoms with E-state index in [-0.39, 0.29) is 18.1 Å². The summed E-state index contributed by atoms with van der Waals surface area (Å²) in [6.07, 6.45) is 0. The van der Waals surface area contributed by atoms with Crippen molar-refractivity contribution < 1.29 is 9.72 Å². The second-order valence-electron chi connectivity index (χ2n) is 4.20. The van der Waals surface area contributed by atoms with E-state index in [1.54, 1.807) is 11.0 Å². The molecule has 0 aromatic heterocycles. The Morgan fingerprint density at radius 1 is 1.40 bits per heavy atom. The molecule has 110 valence electrons. The minimum atomic E-state index is -0.439. The second-order valence-corrected chi connectivity index (χ2v) is 5.06. The Hall–Kier alpha value is -1.47. The number of nitro groups is 1. The molecule has 0 heterocycles. The van der Waals surface area contributed by atoms with Crippen molar-refractivity contribution in [2.75, 3.05) is 19.6 Å². The van der Waals surface area contributed by atoms with Crippen LogP contribution in [0.2, 0.25) is 0 Å². The molecule has 0 unspecified atom stereocenters. The van der Waals surface area contributed by atoms with Gasteiger partial charge in [-0.1, -0.05) is 15.9 Å². The fraction of sp³-hybridized carbons (Fsp3) is 0.462. The number of carbonyl (C=O) groups excluding carboxylic acids is 1. The smallest absolute Gasteiger partial charge is 0.270 e. The molecule has 1 aromatic rings. The summed E-state index contributed by atoms with van der Waals surface area (Å²) < 4.78 is 0.662. The van der Waals surface area contributed by atoms with Gasteiger partial charge in [-0.2, -0.15) is 0 Å². The first-order valence-electron chi connectivity index (χ1n) is 6.40. The maximum atomic E-state index is 11.8. The molecular formula is C13H18BrN3O3. The van der Waals surface area contributed by atoms with E-state index in [2.05, 4.69) is 21.2 Å². The minimum Gasteiger partial charge on any atom is -0.342 e. The van der Waals surface area contributed by atoms with Crippen LogP contribution in [-0.2, 0) is 11.3 Å². The lowest BCUT2D eigenvalue weighted by Gasteiger charge is -2.18. The standard InChI is InChI=1S/C13H18BrN3O3/c1-3-16(4-2)13(18)9-15-8-10-5-6-11(17(19)20)7-12(10)14/h5-7,15H,3-4,8-9H2,1-2H3. The first kappa shape index (κ1) is 16.6. The fourth-order valence-electron chi connectivity index (χ4n) is 1.79. The number of carbonyl (C=O) groups is 1. The topological polar surface area (TPSA) is 75.5 Å². The number of halogens is 1. The van der Waals surface area contributed by atoms with Gasteiger partial charge in [-0.15, -0.1) is 0 Å². The molecule has 0 spiro atoms. The Morgan fingerprint density at radius 2 is 2.05 bits per heavy atom. The summed E-state index contributed by atoms with van der Waals surface area (Å²) in [7, 11) is 0. The second kappa shape index (κ2) is 7.96. The predicted octanol–water partition coefficient (Wildman–Crippen LogP) is 2.32. The molecule has 0 aliphatic rings. The van der Waals surface area contributed by atoms with Crippen LogP contribution in [0.15, 0.2) is 22.7 Å². The summed E-state index contributed by atoms with van der Waals surface area (Å²) in [4.78, 5) is 23.7. The van der Waals surface area contributed by atoms with Gasteiger partial charge < -0.3 is 10.2 Å². The SMILES string of the molecule is CCN(CC)C(=O)CNCc1ccc([N+](=O)[O-])cc1Br. The summed E-state index contributed by atoms with van der Waals surface area (Å²) in [5.41, 5.74) is 0.919. The van der Waals surface area contributed by atoms with Gasteiger partial charge in [0.05, 0.1) is 11.5 Å². The lowest BCUT2D eigenvalue weighted by Crippen LogP contribution is -2.37. The van der Waals surface area contributed by atoms with Gasteiger partial charge in [-0.25, -0.2) is 0 Å². The summed E-state index contributed by atoms with van der Waals surface area (Å²) in [6.45, 7) is 6.00. The molecule has 1 amide bonds. The molecule has 0 aliphatic heterocycles. The van der Waals surface area contributed by atoms with E-state index in [0.29, 0.717) is 24.1 Å². The first-order valence-corrected chi connectivity index (χ1v) is 7.20. The molecule has 0 saturated carbocycles. The van der Waals surface area contributed by atoms with Crippen molar-refractivity contribution in [3.05, 3.63) is 38.3 Å². The predicted molar refractivity (Wildman–Crippen MR) is 80.4 cm³/mol. The Labute approximate surface area is 126 Å². The number of hydrogen-bond donors (Lipinski definition) is 1. The lowest BCUT2D eigenvalue weighted by molar-refractivity contribution is -0.384. The summed E-state index contributed by atoms with van der Waals surface area (Å²) >= 11 is 3.30. The molecular weight excluding hydrogens is 326 g/mol. The van der Waals surface area contributed by atoms with Crippen LogP contribution in [0.25, 0.3) is 0 Å². The zero-order chi connectivity index (χ0) is 15.1. The van der Waals surface area contributed by atoms with Crippen LogP contribution in [0.5, 0.6) is 0 Å². The maximum Gasteiger partial charge on any atom is 0.270 e. The Morgan fingerprint density at radius 3 is 2.55 bits per heavy atom. The quantitative estimate of drug-likeness (QED) is 0.608. The average molecular weight is 344 g/mol. The number of amides is 1. The third-order valence-electron chi connectivity index (χ3n) is 2.96. The molecule has 20 heavy (non-hydrogen) atoms. The van der Waals surface area contributed by atoms with Crippen LogP contribution in [-0.4, -0.2) is 35.4 Å². The zero-order valence-electron chi connectivity index (χ0n) is 11.6. The van der Waals surface area contributed by atoms with Crippen LogP contribution in [0, 0.1) is 10.1 Å². The third-order valence-corrected chi connectivity index (χ3v) is 3.69. The minimum absolute atomic E-state index is 0.0415. The Balaban J connectivity index is 2.54. The molecule has 7 heteroatoms. The van der Waals surface area contributed by atoms with Crippen LogP contribution in [0.1, 0.15) is 19.4 Å². The van der Waals surface area contributed by atoms with Gasteiger partial charge >= 0.3 is 0 Å². The maximum absolute atomic E-state index is 11.8. The number of likely N-dealkylation sites (N-methyl/N-ethyl adjacent to an activating group) is 1. The molecule has 1 N–H and O–H groups in total. The van der Waals surface area contributed by atoms with E-state index in [4.69, 9.17) is 0 Å². The van der Waals surface area contributed by atoms with Crippen LogP contribution >= 0.6 is 15.9 Å². The number of non-ortho nitro benzene ring substituents is 1. The van der Waals surface area contributed by atoms with E-state index < -0.39 is 4.92 Å². The number of nitro benzene ring substituents is 1. The van der Waals surface area contributed by atoms with Gasteiger partial charge in [0.25, 0.3) is 5.69 Å². The van der Waals surface area contributed by atoms with Gasteiger partial charge in [0.2, 0.25) is 5.91 Å². The number of hydrogen-bond acceptors (Lipinski definition) is 4. The molecule has 1 rings (SSSR count). The summed E-state index contributed by atoms with van der Waals surface area (Å²) in [5.74, 6) is 0.0491. The largest absolute Gasteiger partial charge is 0.342 e. The lowest BCUT2D eigenvalue weighted by atomic mass is 10.2. The van der Waals surface area contributed by atoms with E-state index in [1.165, 1.54) is 12.1 Å². The highest BCUT2D eigenvalue weighted by Gasteiger charge is 2.11. The van der Waals surface area contributed by atoms with E-state index in [9.17, 15) is 14.9 Å². The molecule has 0 bridgehead atoms. The van der Waals surface area contributed by atoms with Crippen LogP contribution in [0.3, 0.4) is 0 Å². The van der Waals surface area contributed by atoms with Crippen molar-refractivity contribution in [1.82, 2.24) is 10.2 Å². The highest BCUT2D eigenvalue weighted by atomic mass is 79.9. The summed E-state index contributed by atoms with van der Waals surface area (Å²) in [6, 6.07) is 4.59. The third kappa shape index (κ3) is 4.57. The number of nitrogens with one attached hydrogen (secondary N) is 1. The molecule has 0 radical (unpaired) electrons. The van der Waals surface area contributed by atoms with E-state index >= 15 is 0 Å². The van der Waals surface area contributed by atoms with Crippen molar-refractivity contribution >= 4 is 27.5 Å². The highest BCUT2D eigenvalue weighted by Crippen LogP contribution is 2.22. The average Bonchev–Trinajstić information content (AvgIpc) is 2.41. The van der Waals surface area contributed by atoms with E-state index in [0.717, 1.165) is 5.56 Å². The van der Waals surface area contributed by atoms with Gasteiger partial charge in [-0.3, -0.25) is 14.9 Å². The molecule has 0 atom stereocenters. The molecule has 1 aromatic carbocycles. The number of benzene rings is 1. The normalized spacial score (nSPS) is 10.3. The van der Waals surface area contributed by atoms with Crippen LogP contribution < -0.4 is 5.32 Å². The van der Waals surface area contributed by atoms with Gasteiger partial charge in [0.1, 0.15) is 0 Å². The van der Waals surface area contributed by atoms with Gasteiger partial charge in [0.15, 0.2) is 0 Å². The van der Waals surface area contributed by atoms with Crippen molar-refractivity contribution in [3.8, 4) is 0 Å². The van der Waals surface area contributed by atoms with Crippen molar-refractivity contribution in [2.45, 2.75) is 20.4 Å². The highest BCUT2D eigenvalue weighted by molar-refractivity contribution is 9.10. The first-order chi connectivity index (χ1) is 9.49.